The zero-order chi connectivity index (χ0) is 40.0. The summed E-state index contributed by atoms with van der Waals surface area (Å²) in [4.78, 5) is 72.0. The van der Waals surface area contributed by atoms with Gasteiger partial charge < -0.3 is 40.2 Å². The van der Waals surface area contributed by atoms with Crippen LogP contribution < -0.4 is 10.6 Å². The molecule has 10 rings (SSSR count). The van der Waals surface area contributed by atoms with Crippen LogP contribution in [0.4, 0.5) is 9.59 Å². The van der Waals surface area contributed by atoms with Crippen LogP contribution >= 0.6 is 0 Å². The third-order valence-corrected chi connectivity index (χ3v) is 14.8. The van der Waals surface area contributed by atoms with Crippen LogP contribution in [0.5, 0.6) is 0 Å². The minimum atomic E-state index is -1.19. The highest BCUT2D eigenvalue weighted by Crippen LogP contribution is 2.59. The van der Waals surface area contributed by atoms with Gasteiger partial charge >= 0.3 is 12.2 Å². The first kappa shape index (κ1) is 37.7. The summed E-state index contributed by atoms with van der Waals surface area (Å²) in [6.45, 7) is 7.62. The average molecular weight is 781 g/mol. The summed E-state index contributed by atoms with van der Waals surface area (Å²) in [6.07, 6.45) is 12.3. The Bertz CT molecular complexity index is 2030. The quantitative estimate of drug-likeness (QED) is 0.149. The summed E-state index contributed by atoms with van der Waals surface area (Å²) in [5.41, 5.74) is 4.72. The van der Waals surface area contributed by atoms with Crippen molar-refractivity contribution < 1.29 is 29.0 Å². The number of ether oxygens (including phenoxy) is 1. The van der Waals surface area contributed by atoms with Crippen molar-refractivity contribution in [2.45, 2.75) is 139 Å². The number of carbonyl (C=O) groups excluding carboxylic acids is 3. The fraction of sp³-hybridized carbons (Fsp3) is 0.628. The minimum Gasteiger partial charge on any atom is -0.465 e. The molecule has 3 aromatic rings. The molecule has 5 aliphatic carbocycles. The van der Waals surface area contributed by atoms with Gasteiger partial charge in [-0.05, 0) is 104 Å². The molecule has 304 valence electrons. The lowest BCUT2D eigenvalue weighted by Crippen LogP contribution is -2.52. The summed E-state index contributed by atoms with van der Waals surface area (Å²) >= 11 is 0. The van der Waals surface area contributed by atoms with E-state index in [-0.39, 0.29) is 58.6 Å². The number of likely N-dealkylation sites (tertiary alicyclic amines) is 2. The van der Waals surface area contributed by atoms with Crippen molar-refractivity contribution in [1.29, 1.82) is 0 Å². The number of imidazole rings is 2. The van der Waals surface area contributed by atoms with E-state index in [1.54, 1.807) is 0 Å². The molecule has 14 nitrogen and oxygen atoms in total. The van der Waals surface area contributed by atoms with Crippen LogP contribution in [0.25, 0.3) is 11.3 Å². The Morgan fingerprint density at radius 3 is 1.77 bits per heavy atom. The molecule has 0 radical (unpaired) electrons. The van der Waals surface area contributed by atoms with Crippen molar-refractivity contribution in [2.24, 2.45) is 23.7 Å². The number of nitrogens with one attached hydrogen (secondary N) is 4. The number of rotatable bonds is 11. The van der Waals surface area contributed by atoms with E-state index < -0.39 is 24.3 Å². The Balaban J connectivity index is 0.859. The average Bonchev–Trinajstić information content (AvgIpc) is 3.79. The van der Waals surface area contributed by atoms with E-state index in [9.17, 15) is 24.3 Å². The first-order valence-corrected chi connectivity index (χ1v) is 21.0. The lowest BCUT2D eigenvalue weighted by atomic mass is 9.51. The number of aromatic amines is 2. The Labute approximate surface area is 333 Å². The number of H-pyrrole nitrogens is 2. The van der Waals surface area contributed by atoms with Gasteiger partial charge in [-0.3, -0.25) is 9.59 Å². The summed E-state index contributed by atoms with van der Waals surface area (Å²) in [5.74, 6) is 2.06. The van der Waals surface area contributed by atoms with Crippen LogP contribution in [0.15, 0.2) is 36.7 Å². The van der Waals surface area contributed by atoms with E-state index in [2.05, 4.69) is 44.9 Å². The van der Waals surface area contributed by atoms with Gasteiger partial charge in [0.1, 0.15) is 23.7 Å². The van der Waals surface area contributed by atoms with Gasteiger partial charge in [0.2, 0.25) is 11.8 Å². The Hall–Kier alpha value is -4.88. The molecule has 2 aliphatic heterocycles. The topological polar surface area (TPSA) is 186 Å². The van der Waals surface area contributed by atoms with Crippen LogP contribution in [0.1, 0.15) is 127 Å². The van der Waals surface area contributed by atoms with Gasteiger partial charge in [0.25, 0.3) is 0 Å². The summed E-state index contributed by atoms with van der Waals surface area (Å²) in [7, 11) is 1.32. The zero-order valence-corrected chi connectivity index (χ0v) is 33.6. The second kappa shape index (κ2) is 13.9. The molecule has 2 saturated heterocycles. The molecule has 0 spiro atoms. The van der Waals surface area contributed by atoms with Gasteiger partial charge in [0.05, 0.1) is 31.1 Å². The highest BCUT2D eigenvalue weighted by molar-refractivity contribution is 5.87. The zero-order valence-electron chi connectivity index (χ0n) is 33.6. The van der Waals surface area contributed by atoms with Crippen molar-refractivity contribution in [1.82, 2.24) is 40.4 Å². The fourth-order valence-corrected chi connectivity index (χ4v) is 11.2. The molecule has 5 saturated carbocycles. The number of amides is 4. The van der Waals surface area contributed by atoms with Crippen LogP contribution in [0, 0.1) is 23.7 Å². The van der Waals surface area contributed by atoms with Crippen LogP contribution in [0.2, 0.25) is 0 Å². The maximum absolute atomic E-state index is 13.9. The van der Waals surface area contributed by atoms with E-state index in [4.69, 9.17) is 14.7 Å². The molecule has 14 heteroatoms. The van der Waals surface area contributed by atoms with Gasteiger partial charge in [-0.15, -0.1) is 0 Å². The molecule has 5 N–H and O–H groups in total. The summed E-state index contributed by atoms with van der Waals surface area (Å²) < 4.78 is 4.83. The molecule has 2 bridgehead atoms. The van der Waals surface area contributed by atoms with Crippen molar-refractivity contribution in [2.75, 3.05) is 7.11 Å². The number of aromatic nitrogens is 4. The van der Waals surface area contributed by atoms with Crippen molar-refractivity contribution in [3.63, 3.8) is 0 Å². The number of hydrogen-bond donors (Lipinski definition) is 5. The largest absolute Gasteiger partial charge is 0.465 e. The van der Waals surface area contributed by atoms with Gasteiger partial charge in [0.15, 0.2) is 0 Å². The van der Waals surface area contributed by atoms with Gasteiger partial charge in [0, 0.05) is 29.4 Å². The molecule has 7 fully saturated rings. The molecular formula is C43H56N8O6. The Kier molecular flexibility index (Phi) is 9.19. The van der Waals surface area contributed by atoms with E-state index in [1.165, 1.54) is 18.4 Å². The fourth-order valence-electron chi connectivity index (χ4n) is 11.2. The second-order valence-corrected chi connectivity index (χ2v) is 18.7. The number of hydrogen-bond acceptors (Lipinski definition) is 7. The Morgan fingerprint density at radius 2 is 1.25 bits per heavy atom. The molecule has 0 unspecified atom stereocenters. The molecule has 7 aliphatic rings. The van der Waals surface area contributed by atoms with Crippen molar-refractivity contribution in [3.05, 3.63) is 59.6 Å². The van der Waals surface area contributed by atoms with Crippen LogP contribution in [-0.4, -0.2) is 90.1 Å². The van der Waals surface area contributed by atoms with Crippen LogP contribution in [0.3, 0.4) is 0 Å². The van der Waals surface area contributed by atoms with Gasteiger partial charge in [-0.25, -0.2) is 19.6 Å². The predicted octanol–water partition coefficient (Wildman–Crippen LogP) is 6.34. The number of carboxylic acid groups (broad SMARTS) is 1. The number of piperidine rings is 2. The molecule has 4 heterocycles. The highest BCUT2D eigenvalue weighted by Gasteiger charge is 2.58. The molecular weight excluding hydrogens is 725 g/mol. The number of fused-ring (bicyclic) bond motifs is 5. The maximum Gasteiger partial charge on any atom is 0.407 e. The molecule has 1 aromatic carbocycles. The summed E-state index contributed by atoms with van der Waals surface area (Å²) in [6, 6.07) is 7.52. The van der Waals surface area contributed by atoms with Gasteiger partial charge in [-0.2, -0.15) is 0 Å². The van der Waals surface area contributed by atoms with Crippen molar-refractivity contribution >= 4 is 24.0 Å². The standard InChI is InChI=1S/C43H56N8O6/c1-22(2)34(48-40(54)55)38(52)50-29-16-25(29)18-31(50)36-44-20-28(46-36)24-6-8-27(9-7-24)42-10-13-43(14-11-42,15-12-42)33-21-45-37(47-33)32-19-26-17-30(26)51(32)39(53)35(23(3)4)49-41(56)57-5/h6-9,20-23,25-26,29-32,34-35,48H,10-19H2,1-5H3,(H,44,46)(H,45,47)(H,49,56)(H,54,55)/t25-,26+,29-,30-,31+,32+,34+,35+,42?,43?/m1/s1. The molecule has 8 atom stereocenters. The molecule has 4 amide bonds. The van der Waals surface area contributed by atoms with Crippen LogP contribution in [-0.2, 0) is 25.2 Å². The SMILES string of the molecule is COC(=O)N[C@H](C(=O)N1[C@@H]2C[C@H]2C[C@H]1c1ncc(C23CCC(c4ccc(-c5cnc([C@@H]6C[C@H]7C[C@H]7N6C(=O)[C@@H](NC(=O)O)C(C)C)[nH]5)cc4)(CC2)CC3)[nH]1)C(C)C. The second-order valence-electron chi connectivity index (χ2n) is 18.7. The van der Waals surface area contributed by atoms with E-state index in [0.717, 1.165) is 87.1 Å². The van der Waals surface area contributed by atoms with E-state index >= 15 is 0 Å². The molecule has 57 heavy (non-hydrogen) atoms. The first-order chi connectivity index (χ1) is 27.3. The third kappa shape index (κ3) is 6.47. The van der Waals surface area contributed by atoms with Gasteiger partial charge in [-0.1, -0.05) is 52.0 Å². The smallest absolute Gasteiger partial charge is 0.407 e. The monoisotopic (exact) mass is 780 g/mol. The lowest BCUT2D eigenvalue weighted by Gasteiger charge is -2.53. The number of carbonyl (C=O) groups is 4. The van der Waals surface area contributed by atoms with E-state index in [0.29, 0.717) is 11.8 Å². The highest BCUT2D eigenvalue weighted by atomic mass is 16.5. The first-order valence-electron chi connectivity index (χ1n) is 21.0. The van der Waals surface area contributed by atoms with E-state index in [1.807, 2.05) is 49.9 Å². The van der Waals surface area contributed by atoms with Crippen molar-refractivity contribution in [3.8, 4) is 11.3 Å². The minimum absolute atomic E-state index is 0.0531. The summed E-state index contributed by atoms with van der Waals surface area (Å²) in [5, 5.41) is 14.6. The normalized spacial score (nSPS) is 31.8. The molecule has 2 aromatic heterocycles. The predicted molar refractivity (Wildman–Crippen MR) is 210 cm³/mol. The lowest BCUT2D eigenvalue weighted by molar-refractivity contribution is -0.137. The number of methoxy groups -OCH3 is 1. The Morgan fingerprint density at radius 1 is 0.737 bits per heavy atom. The third-order valence-electron chi connectivity index (χ3n) is 14.8. The number of nitrogens with zero attached hydrogens (tertiary/aromatic N) is 4. The number of benzene rings is 1. The number of alkyl carbamates (subject to hydrolysis) is 1. The maximum atomic E-state index is 13.9.